The van der Waals surface area contributed by atoms with E-state index < -0.39 is 0 Å². The second-order valence-electron chi connectivity index (χ2n) is 2.77. The first-order valence-electron chi connectivity index (χ1n) is 3.67. The maximum atomic E-state index is 9.54. The summed E-state index contributed by atoms with van der Waals surface area (Å²) in [5.41, 5.74) is 0.927. The lowest BCUT2D eigenvalue weighted by Gasteiger charge is -2.19. The summed E-state index contributed by atoms with van der Waals surface area (Å²) in [6.07, 6.45) is 3.32. The highest BCUT2D eigenvalue weighted by atomic mass is 79.9. The normalized spacial score (nSPS) is 23.3. The van der Waals surface area contributed by atoms with E-state index in [0.29, 0.717) is 0 Å². The molecular formula is C7H9BrN2O. The Hall–Kier alpha value is -0.350. The molecule has 60 valence electrons. The van der Waals surface area contributed by atoms with Crippen LogP contribution < -0.4 is 0 Å². The summed E-state index contributed by atoms with van der Waals surface area (Å²) in [5.74, 6) is 0. The molecule has 0 spiro atoms. The van der Waals surface area contributed by atoms with Gasteiger partial charge in [-0.05, 0) is 28.8 Å². The lowest BCUT2D eigenvalue weighted by molar-refractivity contribution is 0.138. The van der Waals surface area contributed by atoms with Gasteiger partial charge in [0.05, 0.1) is 18.1 Å². The van der Waals surface area contributed by atoms with Gasteiger partial charge in [-0.15, -0.1) is 0 Å². The average Bonchev–Trinajstić information content (AvgIpc) is 2.34. The largest absolute Gasteiger partial charge is 0.387 e. The molecule has 0 aromatic carbocycles. The smallest absolute Gasteiger partial charge is 0.130 e. The molecular weight excluding hydrogens is 208 g/mol. The Morgan fingerprint density at radius 2 is 2.55 bits per heavy atom. The van der Waals surface area contributed by atoms with E-state index in [2.05, 4.69) is 20.9 Å². The van der Waals surface area contributed by atoms with Gasteiger partial charge in [-0.1, -0.05) is 0 Å². The van der Waals surface area contributed by atoms with Crippen LogP contribution in [-0.2, 0) is 6.54 Å². The van der Waals surface area contributed by atoms with Crippen molar-refractivity contribution in [2.24, 2.45) is 0 Å². The zero-order chi connectivity index (χ0) is 7.84. The zero-order valence-electron chi connectivity index (χ0n) is 6.00. The van der Waals surface area contributed by atoms with Crippen LogP contribution in [0.4, 0.5) is 0 Å². The average molecular weight is 217 g/mol. The van der Waals surface area contributed by atoms with Crippen LogP contribution >= 0.6 is 15.9 Å². The highest BCUT2D eigenvalue weighted by molar-refractivity contribution is 9.10. The molecule has 1 aromatic heterocycles. The van der Waals surface area contributed by atoms with E-state index in [1.165, 1.54) is 0 Å². The first kappa shape index (κ1) is 7.31. The highest BCUT2D eigenvalue weighted by Crippen LogP contribution is 2.29. The molecule has 0 amide bonds. The molecule has 1 aliphatic rings. The number of halogens is 1. The third-order valence-electron chi connectivity index (χ3n) is 2.02. The van der Waals surface area contributed by atoms with Crippen LogP contribution in [0.1, 0.15) is 24.6 Å². The maximum absolute atomic E-state index is 9.54. The SMILES string of the molecule is OC1CCCn2cnc(Br)c21. The number of rotatable bonds is 0. The summed E-state index contributed by atoms with van der Waals surface area (Å²) in [4.78, 5) is 4.07. The van der Waals surface area contributed by atoms with Crippen molar-refractivity contribution in [3.8, 4) is 0 Å². The lowest BCUT2D eigenvalue weighted by Crippen LogP contribution is -2.14. The Morgan fingerprint density at radius 1 is 1.73 bits per heavy atom. The van der Waals surface area contributed by atoms with Crippen LogP contribution in [-0.4, -0.2) is 14.7 Å². The Kier molecular flexibility index (Phi) is 1.73. The first-order valence-corrected chi connectivity index (χ1v) is 4.47. The Balaban J connectivity index is 2.48. The highest BCUT2D eigenvalue weighted by Gasteiger charge is 2.21. The molecule has 1 aromatic rings. The third-order valence-corrected chi connectivity index (χ3v) is 2.63. The standard InChI is InChI=1S/C7H9BrN2O/c8-7-6-5(11)2-1-3-10(6)4-9-7/h4-5,11H,1-3H2. The minimum Gasteiger partial charge on any atom is -0.387 e. The molecule has 2 heterocycles. The number of imidazole rings is 1. The van der Waals surface area contributed by atoms with E-state index >= 15 is 0 Å². The number of nitrogens with zero attached hydrogens (tertiary/aromatic N) is 2. The summed E-state index contributed by atoms with van der Waals surface area (Å²) in [5, 5.41) is 9.54. The van der Waals surface area contributed by atoms with Gasteiger partial charge in [0, 0.05) is 6.54 Å². The Labute approximate surface area is 73.2 Å². The number of aliphatic hydroxyl groups is 1. The number of aliphatic hydroxyl groups excluding tert-OH is 1. The Bertz CT molecular complexity index is 271. The molecule has 2 rings (SSSR count). The molecule has 0 saturated heterocycles. The van der Waals surface area contributed by atoms with Gasteiger partial charge >= 0.3 is 0 Å². The third kappa shape index (κ3) is 1.10. The van der Waals surface area contributed by atoms with Crippen molar-refractivity contribution in [3.05, 3.63) is 16.6 Å². The lowest BCUT2D eigenvalue weighted by atomic mass is 10.1. The molecule has 0 bridgehead atoms. The number of fused-ring (bicyclic) bond motifs is 1. The van der Waals surface area contributed by atoms with Gasteiger partial charge < -0.3 is 9.67 Å². The molecule has 0 saturated carbocycles. The molecule has 1 N–H and O–H groups in total. The molecule has 11 heavy (non-hydrogen) atoms. The monoisotopic (exact) mass is 216 g/mol. The number of hydrogen-bond donors (Lipinski definition) is 1. The topological polar surface area (TPSA) is 38.0 Å². The zero-order valence-corrected chi connectivity index (χ0v) is 7.58. The van der Waals surface area contributed by atoms with Crippen LogP contribution in [0.15, 0.2) is 10.9 Å². The Morgan fingerprint density at radius 3 is 3.27 bits per heavy atom. The molecule has 3 nitrogen and oxygen atoms in total. The summed E-state index contributed by atoms with van der Waals surface area (Å²) in [6, 6.07) is 0. The fourth-order valence-electron chi connectivity index (χ4n) is 1.47. The van der Waals surface area contributed by atoms with Crippen LogP contribution in [0.5, 0.6) is 0 Å². The van der Waals surface area contributed by atoms with Crippen LogP contribution in [0, 0.1) is 0 Å². The van der Waals surface area contributed by atoms with Crippen LogP contribution in [0.2, 0.25) is 0 Å². The van der Waals surface area contributed by atoms with Gasteiger partial charge in [-0.25, -0.2) is 4.98 Å². The second kappa shape index (κ2) is 2.60. The first-order chi connectivity index (χ1) is 5.29. The van der Waals surface area contributed by atoms with Gasteiger partial charge in [-0.2, -0.15) is 0 Å². The van der Waals surface area contributed by atoms with E-state index in [-0.39, 0.29) is 6.10 Å². The van der Waals surface area contributed by atoms with Gasteiger partial charge in [0.15, 0.2) is 0 Å². The molecule has 1 unspecified atom stereocenters. The molecule has 0 aliphatic carbocycles. The van der Waals surface area contributed by atoms with Crippen molar-refractivity contribution in [1.29, 1.82) is 0 Å². The van der Waals surface area contributed by atoms with Crippen molar-refractivity contribution < 1.29 is 5.11 Å². The predicted octanol–water partition coefficient (Wildman–Crippen LogP) is 1.47. The molecule has 4 heteroatoms. The van der Waals surface area contributed by atoms with E-state index in [4.69, 9.17) is 0 Å². The number of aryl methyl sites for hydroxylation is 1. The van der Waals surface area contributed by atoms with Gasteiger partial charge in [0.2, 0.25) is 0 Å². The van der Waals surface area contributed by atoms with Crippen LogP contribution in [0.25, 0.3) is 0 Å². The van der Waals surface area contributed by atoms with Gasteiger partial charge in [-0.3, -0.25) is 0 Å². The summed E-state index contributed by atoms with van der Waals surface area (Å²) in [7, 11) is 0. The summed E-state index contributed by atoms with van der Waals surface area (Å²) in [6.45, 7) is 0.977. The summed E-state index contributed by atoms with van der Waals surface area (Å²) < 4.78 is 2.78. The van der Waals surface area contributed by atoms with Gasteiger partial charge in [0.25, 0.3) is 0 Å². The second-order valence-corrected chi connectivity index (χ2v) is 3.52. The van der Waals surface area contributed by atoms with Crippen molar-refractivity contribution in [1.82, 2.24) is 9.55 Å². The maximum Gasteiger partial charge on any atom is 0.130 e. The molecule has 0 fully saturated rings. The number of hydrogen-bond acceptors (Lipinski definition) is 2. The van der Waals surface area contributed by atoms with E-state index in [0.717, 1.165) is 29.7 Å². The predicted molar refractivity (Wildman–Crippen MR) is 44.1 cm³/mol. The summed E-state index contributed by atoms with van der Waals surface area (Å²) >= 11 is 3.30. The fraction of sp³-hybridized carbons (Fsp3) is 0.571. The van der Waals surface area contributed by atoms with E-state index in [1.54, 1.807) is 6.33 Å². The molecule has 0 radical (unpaired) electrons. The minimum atomic E-state index is -0.333. The van der Waals surface area contributed by atoms with Gasteiger partial charge in [0.1, 0.15) is 4.60 Å². The number of aromatic nitrogens is 2. The molecule has 1 atom stereocenters. The van der Waals surface area contributed by atoms with E-state index in [1.807, 2.05) is 4.57 Å². The fourth-order valence-corrected chi connectivity index (χ4v) is 2.05. The minimum absolute atomic E-state index is 0.333. The van der Waals surface area contributed by atoms with E-state index in [9.17, 15) is 5.11 Å². The van der Waals surface area contributed by atoms with Crippen molar-refractivity contribution >= 4 is 15.9 Å². The van der Waals surface area contributed by atoms with Crippen molar-refractivity contribution in [3.63, 3.8) is 0 Å². The van der Waals surface area contributed by atoms with Crippen molar-refractivity contribution in [2.75, 3.05) is 0 Å². The quantitative estimate of drug-likeness (QED) is 0.714. The van der Waals surface area contributed by atoms with Crippen molar-refractivity contribution in [2.45, 2.75) is 25.5 Å². The van der Waals surface area contributed by atoms with Crippen LogP contribution in [0.3, 0.4) is 0 Å². The molecule has 1 aliphatic heterocycles.